The molecule has 0 radical (unpaired) electrons. The van der Waals surface area contributed by atoms with Crippen molar-refractivity contribution in [2.45, 2.75) is 13.2 Å². The largest absolute Gasteiger partial charge is 0.489 e. The van der Waals surface area contributed by atoms with Crippen molar-refractivity contribution in [1.82, 2.24) is 0 Å². The van der Waals surface area contributed by atoms with Gasteiger partial charge >= 0.3 is 5.97 Å². The normalized spacial score (nSPS) is 10.7. The van der Waals surface area contributed by atoms with Gasteiger partial charge in [0, 0.05) is 6.08 Å². The van der Waals surface area contributed by atoms with E-state index < -0.39 is 5.97 Å². The Bertz CT molecular complexity index is 629. The van der Waals surface area contributed by atoms with Gasteiger partial charge in [0.2, 0.25) is 0 Å². The number of aliphatic hydroxyl groups is 1. The van der Waals surface area contributed by atoms with Crippen molar-refractivity contribution >= 4 is 12.0 Å². The number of benzene rings is 2. The Hall–Kier alpha value is -2.59. The second-order valence-electron chi connectivity index (χ2n) is 4.46. The molecule has 2 N–H and O–H groups in total. The smallest absolute Gasteiger partial charge is 0.328 e. The average molecular weight is 284 g/mol. The standard InChI is InChI=1S/C17H16O4/c18-11-13-5-8-16(9-6-13)21-12-15-4-2-1-3-14(15)7-10-17(19)20/h1-10,18H,11-12H2,(H,19,20). The Morgan fingerprint density at radius 3 is 2.48 bits per heavy atom. The van der Waals surface area contributed by atoms with Gasteiger partial charge in [0.1, 0.15) is 12.4 Å². The summed E-state index contributed by atoms with van der Waals surface area (Å²) in [4.78, 5) is 10.6. The van der Waals surface area contributed by atoms with E-state index in [2.05, 4.69) is 0 Å². The number of carboxylic acids is 1. The van der Waals surface area contributed by atoms with Crippen LogP contribution in [0.2, 0.25) is 0 Å². The number of carbonyl (C=O) groups is 1. The van der Waals surface area contributed by atoms with E-state index in [0.29, 0.717) is 12.4 Å². The molecule has 0 aliphatic heterocycles. The summed E-state index contributed by atoms with van der Waals surface area (Å²) in [6.45, 7) is 0.349. The summed E-state index contributed by atoms with van der Waals surface area (Å²) in [7, 11) is 0. The number of ether oxygens (including phenoxy) is 1. The summed E-state index contributed by atoms with van der Waals surface area (Å²) < 4.78 is 5.68. The van der Waals surface area contributed by atoms with Crippen LogP contribution in [0.3, 0.4) is 0 Å². The molecule has 2 rings (SSSR count). The summed E-state index contributed by atoms with van der Waals surface area (Å²) in [5.41, 5.74) is 2.54. The fraction of sp³-hybridized carbons (Fsp3) is 0.118. The monoisotopic (exact) mass is 284 g/mol. The Morgan fingerprint density at radius 1 is 1.10 bits per heavy atom. The summed E-state index contributed by atoms with van der Waals surface area (Å²) in [6.07, 6.45) is 2.66. The minimum absolute atomic E-state index is 0.00307. The fourth-order valence-electron chi connectivity index (χ4n) is 1.84. The van der Waals surface area contributed by atoms with E-state index in [1.807, 2.05) is 24.3 Å². The van der Waals surface area contributed by atoms with E-state index in [1.54, 1.807) is 30.3 Å². The van der Waals surface area contributed by atoms with E-state index in [0.717, 1.165) is 22.8 Å². The molecule has 2 aromatic carbocycles. The Morgan fingerprint density at radius 2 is 1.81 bits per heavy atom. The van der Waals surface area contributed by atoms with Crippen LogP contribution < -0.4 is 4.74 Å². The first-order valence-electron chi connectivity index (χ1n) is 6.50. The molecule has 2 aromatic rings. The molecule has 0 saturated carbocycles. The highest BCUT2D eigenvalue weighted by Crippen LogP contribution is 2.17. The molecule has 0 unspecified atom stereocenters. The van der Waals surface area contributed by atoms with Crippen molar-refractivity contribution in [1.29, 1.82) is 0 Å². The van der Waals surface area contributed by atoms with Crippen molar-refractivity contribution in [3.63, 3.8) is 0 Å². The van der Waals surface area contributed by atoms with Crippen molar-refractivity contribution in [2.75, 3.05) is 0 Å². The minimum Gasteiger partial charge on any atom is -0.489 e. The Kier molecular flexibility index (Phi) is 5.12. The Balaban J connectivity index is 2.07. The van der Waals surface area contributed by atoms with E-state index in [9.17, 15) is 4.79 Å². The molecule has 0 aliphatic carbocycles. The number of rotatable bonds is 6. The van der Waals surface area contributed by atoms with Gasteiger partial charge in [-0.1, -0.05) is 36.4 Å². The van der Waals surface area contributed by atoms with Crippen molar-refractivity contribution < 1.29 is 19.7 Å². The average Bonchev–Trinajstić information content (AvgIpc) is 2.52. The van der Waals surface area contributed by atoms with Gasteiger partial charge in [-0.05, 0) is 34.9 Å². The highest BCUT2D eigenvalue weighted by molar-refractivity contribution is 5.85. The van der Waals surface area contributed by atoms with Gasteiger partial charge in [0.05, 0.1) is 6.61 Å². The molecule has 21 heavy (non-hydrogen) atoms. The Labute approximate surface area is 122 Å². The van der Waals surface area contributed by atoms with E-state index in [-0.39, 0.29) is 6.61 Å². The van der Waals surface area contributed by atoms with Crippen LogP contribution in [0.15, 0.2) is 54.6 Å². The van der Waals surface area contributed by atoms with Crippen molar-refractivity contribution in [2.24, 2.45) is 0 Å². The molecule has 4 nitrogen and oxygen atoms in total. The third-order valence-corrected chi connectivity index (χ3v) is 2.96. The molecule has 0 bridgehead atoms. The van der Waals surface area contributed by atoms with E-state index >= 15 is 0 Å². The number of carboxylic acid groups (broad SMARTS) is 1. The second-order valence-corrected chi connectivity index (χ2v) is 4.46. The maximum atomic E-state index is 10.6. The van der Waals surface area contributed by atoms with Crippen LogP contribution in [-0.2, 0) is 18.0 Å². The molecular formula is C17H16O4. The minimum atomic E-state index is -0.981. The molecule has 0 spiro atoms. The van der Waals surface area contributed by atoms with Gasteiger partial charge in [0.15, 0.2) is 0 Å². The quantitative estimate of drug-likeness (QED) is 0.800. The lowest BCUT2D eigenvalue weighted by Crippen LogP contribution is -1.98. The van der Waals surface area contributed by atoms with Crippen LogP contribution >= 0.6 is 0 Å². The number of hydrogen-bond acceptors (Lipinski definition) is 3. The van der Waals surface area contributed by atoms with Crippen LogP contribution in [0.1, 0.15) is 16.7 Å². The molecule has 0 fully saturated rings. The number of aliphatic carboxylic acids is 1. The lowest BCUT2D eigenvalue weighted by molar-refractivity contribution is -0.131. The van der Waals surface area contributed by atoms with E-state index in [1.165, 1.54) is 0 Å². The zero-order chi connectivity index (χ0) is 15.1. The zero-order valence-corrected chi connectivity index (χ0v) is 11.4. The fourth-order valence-corrected chi connectivity index (χ4v) is 1.84. The SMILES string of the molecule is O=C(O)C=Cc1ccccc1COc1ccc(CO)cc1. The first-order valence-corrected chi connectivity index (χ1v) is 6.50. The first-order chi connectivity index (χ1) is 10.2. The van der Waals surface area contributed by atoms with Crippen molar-refractivity contribution in [3.05, 3.63) is 71.3 Å². The highest BCUT2D eigenvalue weighted by atomic mass is 16.5. The van der Waals surface area contributed by atoms with Gasteiger partial charge in [-0.3, -0.25) is 0 Å². The van der Waals surface area contributed by atoms with Crippen LogP contribution in [-0.4, -0.2) is 16.2 Å². The maximum Gasteiger partial charge on any atom is 0.328 e. The molecule has 0 amide bonds. The highest BCUT2D eigenvalue weighted by Gasteiger charge is 2.01. The lowest BCUT2D eigenvalue weighted by Gasteiger charge is -2.09. The second kappa shape index (κ2) is 7.26. The molecule has 0 atom stereocenters. The summed E-state index contributed by atoms with van der Waals surface area (Å²) in [6, 6.07) is 14.6. The topological polar surface area (TPSA) is 66.8 Å². The van der Waals surface area contributed by atoms with Crippen LogP contribution in [0.5, 0.6) is 5.75 Å². The summed E-state index contributed by atoms with van der Waals surface area (Å²) in [5, 5.41) is 17.7. The number of aliphatic hydroxyl groups excluding tert-OH is 1. The van der Waals surface area contributed by atoms with Crippen molar-refractivity contribution in [3.8, 4) is 5.75 Å². The predicted octanol–water partition coefficient (Wildman–Crippen LogP) is 2.86. The van der Waals surface area contributed by atoms with E-state index in [4.69, 9.17) is 14.9 Å². The van der Waals surface area contributed by atoms with Crippen LogP contribution in [0, 0.1) is 0 Å². The van der Waals surface area contributed by atoms with Crippen LogP contribution in [0.4, 0.5) is 0 Å². The van der Waals surface area contributed by atoms with Crippen LogP contribution in [0.25, 0.3) is 6.08 Å². The predicted molar refractivity (Wildman–Crippen MR) is 79.8 cm³/mol. The van der Waals surface area contributed by atoms with Gasteiger partial charge in [-0.15, -0.1) is 0 Å². The molecule has 0 aliphatic rings. The third kappa shape index (κ3) is 4.47. The number of hydrogen-bond donors (Lipinski definition) is 2. The zero-order valence-electron chi connectivity index (χ0n) is 11.4. The molecule has 0 saturated heterocycles. The first kappa shape index (κ1) is 14.8. The summed E-state index contributed by atoms with van der Waals surface area (Å²) >= 11 is 0. The molecule has 108 valence electrons. The molecule has 4 heteroatoms. The van der Waals surface area contributed by atoms with Gasteiger partial charge in [-0.2, -0.15) is 0 Å². The van der Waals surface area contributed by atoms with Gasteiger partial charge in [0.25, 0.3) is 0 Å². The maximum absolute atomic E-state index is 10.6. The molecule has 0 heterocycles. The van der Waals surface area contributed by atoms with Gasteiger partial charge < -0.3 is 14.9 Å². The molecular weight excluding hydrogens is 268 g/mol. The third-order valence-electron chi connectivity index (χ3n) is 2.96. The summed E-state index contributed by atoms with van der Waals surface area (Å²) in [5.74, 6) is -0.283. The van der Waals surface area contributed by atoms with Gasteiger partial charge in [-0.25, -0.2) is 4.79 Å². The molecule has 0 aromatic heterocycles. The lowest BCUT2D eigenvalue weighted by atomic mass is 10.1.